The molecule has 0 aliphatic rings. The lowest BCUT2D eigenvalue weighted by atomic mass is 9.99. The molecular weight excluding hydrogens is 364 g/mol. The lowest BCUT2D eigenvalue weighted by Gasteiger charge is -2.10. The van der Waals surface area contributed by atoms with Gasteiger partial charge in [0.2, 0.25) is 0 Å². The number of ketones is 1. The highest BCUT2D eigenvalue weighted by molar-refractivity contribution is 6.01. The zero-order chi connectivity index (χ0) is 21.5. The van der Waals surface area contributed by atoms with E-state index in [1.165, 1.54) is 32.6 Å². The summed E-state index contributed by atoms with van der Waals surface area (Å²) in [6.45, 7) is 3.74. The third-order valence-electron chi connectivity index (χ3n) is 5.14. The van der Waals surface area contributed by atoms with Crippen molar-refractivity contribution in [3.05, 3.63) is 41.5 Å². The van der Waals surface area contributed by atoms with Crippen LogP contribution in [0.5, 0.6) is 17.2 Å². The topological polar surface area (TPSA) is 77.8 Å². The number of carbonyl (C=O) groups is 1. The minimum Gasteiger partial charge on any atom is -0.507 e. The van der Waals surface area contributed by atoms with Crippen LogP contribution in [-0.4, -0.2) is 21.1 Å². The SMILES string of the molecule is CCCCC/C=C\C/C=C\CCCCCCCC(=O)c1c(O)cc(O)c(C)c1O. The lowest BCUT2D eigenvalue weighted by molar-refractivity contribution is 0.0973. The van der Waals surface area contributed by atoms with Crippen molar-refractivity contribution in [2.45, 2.75) is 90.9 Å². The molecule has 0 heterocycles. The minimum absolute atomic E-state index is 0.0788. The Morgan fingerprint density at radius 2 is 1.41 bits per heavy atom. The van der Waals surface area contributed by atoms with Gasteiger partial charge in [-0.1, -0.05) is 63.3 Å². The van der Waals surface area contributed by atoms with Crippen LogP contribution in [0.25, 0.3) is 0 Å². The Bertz CT molecular complexity index is 674. The van der Waals surface area contributed by atoms with E-state index in [0.29, 0.717) is 0 Å². The molecular formula is C25H38O4. The van der Waals surface area contributed by atoms with Crippen LogP contribution in [0, 0.1) is 6.92 Å². The monoisotopic (exact) mass is 402 g/mol. The average Bonchev–Trinajstić information content (AvgIpc) is 2.69. The van der Waals surface area contributed by atoms with Crippen LogP contribution >= 0.6 is 0 Å². The van der Waals surface area contributed by atoms with Gasteiger partial charge in [-0.3, -0.25) is 4.79 Å². The summed E-state index contributed by atoms with van der Waals surface area (Å²) in [5.74, 6) is -1.18. The molecule has 3 N–H and O–H groups in total. The van der Waals surface area contributed by atoms with Gasteiger partial charge >= 0.3 is 0 Å². The Morgan fingerprint density at radius 3 is 2.07 bits per heavy atom. The van der Waals surface area contributed by atoms with E-state index in [0.717, 1.165) is 51.0 Å². The highest BCUT2D eigenvalue weighted by Gasteiger charge is 2.20. The second-order valence-electron chi connectivity index (χ2n) is 7.67. The number of unbranched alkanes of at least 4 members (excludes halogenated alkanes) is 8. The van der Waals surface area contributed by atoms with Gasteiger partial charge in [0.1, 0.15) is 22.8 Å². The first-order valence-corrected chi connectivity index (χ1v) is 11.1. The van der Waals surface area contributed by atoms with Crippen LogP contribution < -0.4 is 0 Å². The molecule has 29 heavy (non-hydrogen) atoms. The Hall–Kier alpha value is -2.23. The Labute approximate surface area is 176 Å². The molecule has 1 rings (SSSR count). The number of aromatic hydroxyl groups is 3. The molecule has 1 aromatic carbocycles. The molecule has 0 aliphatic heterocycles. The molecule has 0 spiro atoms. The third-order valence-corrected chi connectivity index (χ3v) is 5.14. The molecule has 0 aromatic heterocycles. The first kappa shape index (κ1) is 24.8. The number of phenols is 3. The Balaban J connectivity index is 2.11. The molecule has 4 nitrogen and oxygen atoms in total. The second-order valence-corrected chi connectivity index (χ2v) is 7.67. The zero-order valence-electron chi connectivity index (χ0n) is 18.1. The van der Waals surface area contributed by atoms with E-state index >= 15 is 0 Å². The van der Waals surface area contributed by atoms with E-state index in [1.54, 1.807) is 0 Å². The van der Waals surface area contributed by atoms with E-state index < -0.39 is 0 Å². The predicted molar refractivity (Wildman–Crippen MR) is 120 cm³/mol. The number of allylic oxidation sites excluding steroid dienone is 4. The van der Waals surface area contributed by atoms with E-state index in [4.69, 9.17) is 0 Å². The quantitative estimate of drug-likeness (QED) is 0.166. The molecule has 0 radical (unpaired) electrons. The van der Waals surface area contributed by atoms with Gasteiger partial charge in [-0.25, -0.2) is 0 Å². The van der Waals surface area contributed by atoms with Crippen molar-refractivity contribution < 1.29 is 20.1 Å². The Kier molecular flexibility index (Phi) is 12.6. The van der Waals surface area contributed by atoms with Crippen molar-refractivity contribution in [2.75, 3.05) is 0 Å². The highest BCUT2D eigenvalue weighted by atomic mass is 16.3. The predicted octanol–water partition coefficient (Wildman–Crippen LogP) is 7.11. The Morgan fingerprint density at radius 1 is 0.828 bits per heavy atom. The molecule has 4 heteroatoms. The van der Waals surface area contributed by atoms with Crippen molar-refractivity contribution in [1.29, 1.82) is 0 Å². The second kappa shape index (κ2) is 14.7. The molecule has 0 bridgehead atoms. The van der Waals surface area contributed by atoms with Gasteiger partial charge in [0, 0.05) is 18.1 Å². The zero-order valence-corrected chi connectivity index (χ0v) is 18.1. The molecule has 0 fully saturated rings. The van der Waals surface area contributed by atoms with Crippen LogP contribution in [0.2, 0.25) is 0 Å². The molecule has 0 atom stereocenters. The smallest absolute Gasteiger partial charge is 0.170 e. The van der Waals surface area contributed by atoms with Gasteiger partial charge in [0.15, 0.2) is 5.78 Å². The summed E-state index contributed by atoms with van der Waals surface area (Å²) in [6.07, 6.45) is 21.5. The summed E-state index contributed by atoms with van der Waals surface area (Å²) in [5.41, 5.74) is 0.135. The normalized spacial score (nSPS) is 11.7. The molecule has 0 saturated carbocycles. The third kappa shape index (κ3) is 9.69. The summed E-state index contributed by atoms with van der Waals surface area (Å²) < 4.78 is 0. The van der Waals surface area contributed by atoms with Crippen molar-refractivity contribution in [2.24, 2.45) is 0 Å². The maximum atomic E-state index is 12.3. The van der Waals surface area contributed by atoms with Gasteiger partial charge in [0.05, 0.1) is 0 Å². The maximum absolute atomic E-state index is 12.3. The number of hydrogen-bond acceptors (Lipinski definition) is 4. The van der Waals surface area contributed by atoms with Gasteiger partial charge in [-0.05, 0) is 45.4 Å². The number of hydrogen-bond donors (Lipinski definition) is 3. The van der Waals surface area contributed by atoms with Gasteiger partial charge < -0.3 is 15.3 Å². The minimum atomic E-state index is -0.363. The number of phenolic OH excluding ortho intramolecular Hbond substituents is 3. The molecule has 0 saturated heterocycles. The molecule has 1 aromatic rings. The fourth-order valence-electron chi connectivity index (χ4n) is 3.24. The number of carbonyl (C=O) groups excluding carboxylic acids is 1. The fraction of sp³-hybridized carbons (Fsp3) is 0.560. The highest BCUT2D eigenvalue weighted by Crippen LogP contribution is 2.37. The summed E-state index contributed by atoms with van der Waals surface area (Å²) in [5, 5.41) is 29.4. The van der Waals surface area contributed by atoms with Crippen molar-refractivity contribution in [3.63, 3.8) is 0 Å². The largest absolute Gasteiger partial charge is 0.507 e. The molecule has 162 valence electrons. The van der Waals surface area contributed by atoms with Crippen LogP contribution in [0.4, 0.5) is 0 Å². The average molecular weight is 403 g/mol. The molecule has 0 unspecified atom stereocenters. The van der Waals surface area contributed by atoms with Crippen LogP contribution in [-0.2, 0) is 0 Å². The summed E-state index contributed by atoms with van der Waals surface area (Å²) in [7, 11) is 0. The van der Waals surface area contributed by atoms with Crippen LogP contribution in [0.3, 0.4) is 0 Å². The molecule has 0 aliphatic carbocycles. The fourth-order valence-corrected chi connectivity index (χ4v) is 3.24. The van der Waals surface area contributed by atoms with E-state index in [1.807, 2.05) is 0 Å². The van der Waals surface area contributed by atoms with Crippen LogP contribution in [0.15, 0.2) is 30.4 Å². The van der Waals surface area contributed by atoms with Crippen molar-refractivity contribution in [3.8, 4) is 17.2 Å². The first-order valence-electron chi connectivity index (χ1n) is 11.1. The lowest BCUT2D eigenvalue weighted by Crippen LogP contribution is -2.01. The standard InChI is InChI=1S/C25H38O4/c1-3-4-5-6-7-8-9-10-11-12-13-14-15-16-17-18-21(26)24-23(28)19-22(27)20(2)25(24)29/h7-8,10-11,19,27-29H,3-6,9,12-18H2,1-2H3/b8-7-,11-10-. The summed E-state index contributed by atoms with van der Waals surface area (Å²) in [6, 6.07) is 1.11. The summed E-state index contributed by atoms with van der Waals surface area (Å²) in [4.78, 5) is 12.3. The molecule has 0 amide bonds. The van der Waals surface area contributed by atoms with Crippen molar-refractivity contribution in [1.82, 2.24) is 0 Å². The van der Waals surface area contributed by atoms with Crippen molar-refractivity contribution >= 4 is 5.78 Å². The van der Waals surface area contributed by atoms with Gasteiger partial charge in [-0.2, -0.15) is 0 Å². The van der Waals surface area contributed by atoms with Crippen LogP contribution in [0.1, 0.15) is 99.9 Å². The van der Waals surface area contributed by atoms with Gasteiger partial charge in [0.25, 0.3) is 0 Å². The van der Waals surface area contributed by atoms with Gasteiger partial charge in [-0.15, -0.1) is 0 Å². The number of benzene rings is 1. The summed E-state index contributed by atoms with van der Waals surface area (Å²) >= 11 is 0. The van der Waals surface area contributed by atoms with E-state index in [-0.39, 0.29) is 40.6 Å². The van der Waals surface area contributed by atoms with E-state index in [9.17, 15) is 20.1 Å². The number of rotatable bonds is 15. The maximum Gasteiger partial charge on any atom is 0.170 e. The first-order chi connectivity index (χ1) is 14.0. The van der Waals surface area contributed by atoms with E-state index in [2.05, 4.69) is 31.2 Å². The number of Topliss-reactive ketones (excluding diaryl/α,β-unsaturated/α-hetero) is 1.